The van der Waals surface area contributed by atoms with Gasteiger partial charge >= 0.3 is 11.7 Å². The molecule has 1 atom stereocenters. The Labute approximate surface area is 240 Å². The van der Waals surface area contributed by atoms with Crippen LogP contribution in [0.15, 0.2) is 35.3 Å². The lowest BCUT2D eigenvalue weighted by atomic mass is 10.1. The highest BCUT2D eigenvalue weighted by molar-refractivity contribution is 7.89. The average molecular weight is 596 g/mol. The van der Waals surface area contributed by atoms with Crippen LogP contribution in [0.3, 0.4) is 0 Å². The molecule has 2 saturated heterocycles. The maximum Gasteiger partial charge on any atom is 0.409 e. The molecule has 1 unspecified atom stereocenters. The molecule has 0 bridgehead atoms. The molecule has 1 amide bonds. The predicted molar refractivity (Wildman–Crippen MR) is 154 cm³/mol. The number of likely N-dealkylation sites (tertiary alicyclic amines) is 1. The fraction of sp³-hybridized carbons (Fsp3) is 0.593. The second-order valence-electron chi connectivity index (χ2n) is 10.8. The summed E-state index contributed by atoms with van der Waals surface area (Å²) < 4.78 is 39.8. The van der Waals surface area contributed by atoms with E-state index in [1.807, 2.05) is 18.7 Å². The number of piperazine rings is 1. The third-order valence-corrected chi connectivity index (χ3v) is 9.47. The highest BCUT2D eigenvalue weighted by Gasteiger charge is 2.33. The van der Waals surface area contributed by atoms with Crippen molar-refractivity contribution in [2.24, 2.45) is 5.92 Å². The van der Waals surface area contributed by atoms with Crippen LogP contribution >= 0.6 is 11.6 Å². The maximum absolute atomic E-state index is 13.8. The van der Waals surface area contributed by atoms with Crippen LogP contribution in [0.5, 0.6) is 5.75 Å². The van der Waals surface area contributed by atoms with Crippen LogP contribution in [0.25, 0.3) is 5.69 Å². The highest BCUT2D eigenvalue weighted by Crippen LogP contribution is 2.29. The largest absolute Gasteiger partial charge is 0.481 e. The molecule has 2 fully saturated rings. The molecule has 0 aliphatic carbocycles. The van der Waals surface area contributed by atoms with Crippen molar-refractivity contribution in [3.8, 4) is 11.4 Å². The number of rotatable bonds is 8. The second-order valence-corrected chi connectivity index (χ2v) is 13.8. The summed E-state index contributed by atoms with van der Waals surface area (Å²) in [6.45, 7) is 9.79. The van der Waals surface area contributed by atoms with E-state index < -0.39 is 33.0 Å². The van der Waals surface area contributed by atoms with Gasteiger partial charge < -0.3 is 19.3 Å². The standard InChI is InChI=1S/C27H38ClN5O6S/c1-19(2)18-38-27(35)31-10-6-9-23(17-31)39-25-24(30-11-13-32(14-12-30)40(36,37)20(3)4)16-29-33(26(25)34)22-8-5-7-21(28)15-22/h5,7-8,15-16,19-20,23H,6,9-14,17-18H2,1-4H3. The van der Waals surface area contributed by atoms with E-state index >= 15 is 0 Å². The molecule has 2 aromatic rings. The van der Waals surface area contributed by atoms with Crippen molar-refractivity contribution < 1.29 is 22.7 Å². The van der Waals surface area contributed by atoms with E-state index in [9.17, 15) is 18.0 Å². The molecule has 13 heteroatoms. The minimum atomic E-state index is -3.39. The molecule has 220 valence electrons. The van der Waals surface area contributed by atoms with Gasteiger partial charge in [0.25, 0.3) is 0 Å². The smallest absolute Gasteiger partial charge is 0.409 e. The molecule has 0 saturated carbocycles. The molecular weight excluding hydrogens is 558 g/mol. The Balaban J connectivity index is 1.61. The minimum Gasteiger partial charge on any atom is -0.481 e. The van der Waals surface area contributed by atoms with Crippen molar-refractivity contribution in [3.05, 3.63) is 45.8 Å². The zero-order chi connectivity index (χ0) is 29.0. The van der Waals surface area contributed by atoms with Crippen LogP contribution in [0, 0.1) is 5.92 Å². The van der Waals surface area contributed by atoms with E-state index in [0.29, 0.717) is 55.5 Å². The molecule has 2 aliphatic heterocycles. The number of carbonyl (C=O) groups excluding carboxylic acids is 1. The fourth-order valence-electron chi connectivity index (χ4n) is 4.73. The van der Waals surface area contributed by atoms with Crippen LogP contribution in [0.2, 0.25) is 5.02 Å². The topological polar surface area (TPSA) is 114 Å². The molecule has 40 heavy (non-hydrogen) atoms. The summed E-state index contributed by atoms with van der Waals surface area (Å²) in [6.07, 6.45) is 2.12. The zero-order valence-electron chi connectivity index (χ0n) is 23.5. The molecule has 1 aromatic carbocycles. The molecule has 0 radical (unpaired) electrons. The summed E-state index contributed by atoms with van der Waals surface area (Å²) in [7, 11) is -3.39. The molecule has 0 N–H and O–H groups in total. The first-order valence-electron chi connectivity index (χ1n) is 13.7. The van der Waals surface area contributed by atoms with Crippen molar-refractivity contribution in [3.63, 3.8) is 0 Å². The van der Waals surface area contributed by atoms with Crippen molar-refractivity contribution in [1.82, 2.24) is 19.0 Å². The van der Waals surface area contributed by atoms with Gasteiger partial charge in [-0.3, -0.25) is 4.79 Å². The van der Waals surface area contributed by atoms with Crippen LogP contribution in [-0.4, -0.2) is 90.7 Å². The van der Waals surface area contributed by atoms with Crippen molar-refractivity contribution >= 4 is 33.4 Å². The second kappa shape index (κ2) is 12.8. The van der Waals surface area contributed by atoms with Crippen molar-refractivity contribution in [2.75, 3.05) is 50.8 Å². The number of sulfonamides is 1. The Kier molecular flexibility index (Phi) is 9.63. The molecule has 4 rings (SSSR count). The number of anilines is 1. The van der Waals surface area contributed by atoms with Crippen LogP contribution in [0.1, 0.15) is 40.5 Å². The van der Waals surface area contributed by atoms with Gasteiger partial charge in [-0.1, -0.05) is 31.5 Å². The third-order valence-electron chi connectivity index (χ3n) is 6.96. The third kappa shape index (κ3) is 6.90. The first-order valence-corrected chi connectivity index (χ1v) is 15.6. The van der Waals surface area contributed by atoms with Gasteiger partial charge in [-0.25, -0.2) is 13.2 Å². The van der Waals surface area contributed by atoms with Gasteiger partial charge in [0.1, 0.15) is 11.8 Å². The number of hydrogen-bond acceptors (Lipinski definition) is 8. The van der Waals surface area contributed by atoms with E-state index in [1.54, 1.807) is 49.2 Å². The van der Waals surface area contributed by atoms with E-state index in [4.69, 9.17) is 21.1 Å². The number of piperidine rings is 1. The predicted octanol–water partition coefficient (Wildman–Crippen LogP) is 3.38. The molecule has 3 heterocycles. The Hall–Kier alpha value is -2.83. The van der Waals surface area contributed by atoms with E-state index in [0.717, 1.165) is 0 Å². The summed E-state index contributed by atoms with van der Waals surface area (Å²) in [4.78, 5) is 30.0. The molecule has 2 aliphatic rings. The first kappa shape index (κ1) is 30.1. The number of halogens is 1. The molecular formula is C27H38ClN5O6S. The Morgan fingerprint density at radius 1 is 1.12 bits per heavy atom. The van der Waals surface area contributed by atoms with Crippen molar-refractivity contribution in [1.29, 1.82) is 0 Å². The summed E-state index contributed by atoms with van der Waals surface area (Å²) in [6, 6.07) is 6.81. The number of ether oxygens (including phenoxy) is 2. The van der Waals surface area contributed by atoms with Crippen LogP contribution < -0.4 is 15.2 Å². The summed E-state index contributed by atoms with van der Waals surface area (Å²) >= 11 is 6.17. The van der Waals surface area contributed by atoms with E-state index in [-0.39, 0.29) is 31.3 Å². The molecule has 1 aromatic heterocycles. The van der Waals surface area contributed by atoms with Crippen LogP contribution in [-0.2, 0) is 14.8 Å². The lowest BCUT2D eigenvalue weighted by molar-refractivity contribution is 0.0530. The number of nitrogens with zero attached hydrogens (tertiary/aromatic N) is 5. The number of carbonyl (C=O) groups is 1. The Morgan fingerprint density at radius 2 is 1.85 bits per heavy atom. The summed E-state index contributed by atoms with van der Waals surface area (Å²) in [5.74, 6) is 0.332. The number of benzene rings is 1. The Morgan fingerprint density at radius 3 is 2.50 bits per heavy atom. The quantitative estimate of drug-likeness (QED) is 0.456. The first-order chi connectivity index (χ1) is 19.0. The van der Waals surface area contributed by atoms with E-state index in [1.165, 1.54) is 8.99 Å². The number of amides is 1. The lowest BCUT2D eigenvalue weighted by Gasteiger charge is -2.37. The van der Waals surface area contributed by atoms with Gasteiger partial charge in [0, 0.05) is 37.7 Å². The van der Waals surface area contributed by atoms with Gasteiger partial charge in [-0.05, 0) is 50.8 Å². The maximum atomic E-state index is 13.8. The van der Waals surface area contributed by atoms with Gasteiger partial charge in [-0.2, -0.15) is 14.1 Å². The SMILES string of the molecule is CC(C)COC(=O)N1CCCC(Oc2c(N3CCN(S(=O)(=O)C(C)C)CC3)cnn(-c3cccc(Cl)c3)c2=O)C1. The number of hydrogen-bond donors (Lipinski definition) is 0. The monoisotopic (exact) mass is 595 g/mol. The fourth-order valence-corrected chi connectivity index (χ4v) is 6.19. The zero-order valence-corrected chi connectivity index (χ0v) is 25.0. The summed E-state index contributed by atoms with van der Waals surface area (Å²) in [5.41, 5.74) is 0.519. The van der Waals surface area contributed by atoms with Gasteiger partial charge in [0.05, 0.1) is 30.3 Å². The minimum absolute atomic E-state index is 0.109. The van der Waals surface area contributed by atoms with Gasteiger partial charge in [0.2, 0.25) is 15.8 Å². The Bertz CT molecular complexity index is 1360. The van der Waals surface area contributed by atoms with Gasteiger partial charge in [-0.15, -0.1) is 0 Å². The average Bonchev–Trinajstić information content (AvgIpc) is 2.93. The van der Waals surface area contributed by atoms with Crippen LogP contribution in [0.4, 0.5) is 10.5 Å². The molecule has 0 spiro atoms. The van der Waals surface area contributed by atoms with E-state index in [2.05, 4.69) is 5.10 Å². The normalized spacial score (nSPS) is 18.8. The highest BCUT2D eigenvalue weighted by atomic mass is 35.5. The van der Waals surface area contributed by atoms with Gasteiger partial charge in [0.15, 0.2) is 0 Å². The molecule has 11 nitrogen and oxygen atoms in total. The number of aromatic nitrogens is 2. The lowest BCUT2D eigenvalue weighted by Crippen LogP contribution is -2.51. The van der Waals surface area contributed by atoms with Crippen molar-refractivity contribution in [2.45, 2.75) is 51.9 Å². The summed E-state index contributed by atoms with van der Waals surface area (Å²) in [5, 5.41) is 4.36.